The molecule has 1 atom stereocenters. The first-order chi connectivity index (χ1) is 10.3. The number of rotatable bonds is 13. The summed E-state index contributed by atoms with van der Waals surface area (Å²) in [6, 6.07) is 0.463. The fourth-order valence-electron chi connectivity index (χ4n) is 2.78. The van der Waals surface area contributed by atoms with Gasteiger partial charge in [-0.25, -0.2) is 0 Å². The van der Waals surface area contributed by atoms with Crippen LogP contribution in [0.5, 0.6) is 0 Å². The Kier molecular flexibility index (Phi) is 10.7. The average molecular weight is 312 g/mol. The lowest BCUT2D eigenvalue weighted by Crippen LogP contribution is -2.21. The van der Waals surface area contributed by atoms with Crippen molar-refractivity contribution in [3.8, 4) is 0 Å². The van der Waals surface area contributed by atoms with Gasteiger partial charge >= 0.3 is 0 Å². The molecule has 0 bridgehead atoms. The zero-order valence-electron chi connectivity index (χ0n) is 14.2. The Labute approximate surface area is 135 Å². The van der Waals surface area contributed by atoms with Crippen LogP contribution in [0.1, 0.15) is 95.2 Å². The Morgan fingerprint density at radius 1 is 0.952 bits per heavy atom. The van der Waals surface area contributed by atoms with E-state index in [2.05, 4.69) is 35.7 Å². The molecule has 0 aliphatic carbocycles. The van der Waals surface area contributed by atoms with E-state index in [9.17, 15) is 0 Å². The first kappa shape index (κ1) is 18.6. The van der Waals surface area contributed by atoms with Crippen molar-refractivity contribution < 1.29 is 0 Å². The predicted octanol–water partition coefficient (Wildman–Crippen LogP) is 5.28. The van der Waals surface area contributed by atoms with Crippen LogP contribution in [0.25, 0.3) is 0 Å². The summed E-state index contributed by atoms with van der Waals surface area (Å²) in [5.74, 6) is 0. The van der Waals surface area contributed by atoms with Crippen molar-refractivity contribution in [1.82, 2.24) is 14.9 Å². The van der Waals surface area contributed by atoms with Gasteiger partial charge in [-0.1, -0.05) is 76.6 Å². The normalized spacial score (nSPS) is 12.7. The fourth-order valence-corrected chi connectivity index (χ4v) is 3.63. The number of nitrogens with one attached hydrogen (secondary N) is 1. The van der Waals surface area contributed by atoms with E-state index in [0.29, 0.717) is 6.04 Å². The second kappa shape index (κ2) is 12.1. The largest absolute Gasteiger partial charge is 0.309 e. The third kappa shape index (κ3) is 7.37. The number of nitrogens with zero attached hydrogens (tertiary/aromatic N) is 2. The van der Waals surface area contributed by atoms with Crippen molar-refractivity contribution in [2.45, 2.75) is 91.0 Å². The van der Waals surface area contributed by atoms with Crippen molar-refractivity contribution in [1.29, 1.82) is 0 Å². The van der Waals surface area contributed by atoms with E-state index in [1.54, 1.807) is 11.5 Å². The minimum atomic E-state index is 0.463. The van der Waals surface area contributed by atoms with Gasteiger partial charge in [0.1, 0.15) is 0 Å². The quantitative estimate of drug-likeness (QED) is 0.503. The highest BCUT2D eigenvalue weighted by Crippen LogP contribution is 2.26. The van der Waals surface area contributed by atoms with Crippen LogP contribution in [0.15, 0.2) is 0 Å². The van der Waals surface area contributed by atoms with Gasteiger partial charge in [0, 0.05) is 6.04 Å². The second-order valence-electron chi connectivity index (χ2n) is 5.81. The summed E-state index contributed by atoms with van der Waals surface area (Å²) in [5.41, 5.74) is 1.19. The highest BCUT2D eigenvalue weighted by Gasteiger charge is 2.17. The van der Waals surface area contributed by atoms with Crippen LogP contribution in [0.4, 0.5) is 0 Å². The topological polar surface area (TPSA) is 37.8 Å². The molecule has 0 radical (unpaired) electrons. The minimum Gasteiger partial charge on any atom is -0.309 e. The summed E-state index contributed by atoms with van der Waals surface area (Å²) in [6.45, 7) is 7.64. The van der Waals surface area contributed by atoms with Crippen LogP contribution < -0.4 is 5.32 Å². The Bertz CT molecular complexity index is 352. The van der Waals surface area contributed by atoms with Crippen molar-refractivity contribution in [3.63, 3.8) is 0 Å². The molecule has 1 heterocycles. The molecule has 122 valence electrons. The van der Waals surface area contributed by atoms with Crippen LogP contribution in [0, 0.1) is 0 Å². The third-order valence-corrected chi connectivity index (χ3v) is 4.91. The van der Waals surface area contributed by atoms with E-state index in [0.717, 1.165) is 13.0 Å². The Morgan fingerprint density at radius 3 is 2.24 bits per heavy atom. The molecule has 1 N–H and O–H groups in total. The highest BCUT2D eigenvalue weighted by molar-refractivity contribution is 7.05. The van der Waals surface area contributed by atoms with Gasteiger partial charge in [-0.3, -0.25) is 0 Å². The standard InChI is InChI=1S/C17H33N3S/c1-4-7-8-9-10-11-12-13-14-16(18-6-3)17-15(5-2)19-20-21-17/h16,18H,4-14H2,1-3H3. The van der Waals surface area contributed by atoms with Gasteiger partial charge in [-0.2, -0.15) is 0 Å². The third-order valence-electron chi connectivity index (χ3n) is 4.03. The van der Waals surface area contributed by atoms with Gasteiger partial charge in [0.25, 0.3) is 0 Å². The molecule has 21 heavy (non-hydrogen) atoms. The number of aromatic nitrogens is 2. The molecular formula is C17H33N3S. The molecule has 1 rings (SSSR count). The molecule has 0 spiro atoms. The van der Waals surface area contributed by atoms with Crippen LogP contribution in [0.2, 0.25) is 0 Å². The fraction of sp³-hybridized carbons (Fsp3) is 0.882. The summed E-state index contributed by atoms with van der Waals surface area (Å²) in [5, 5.41) is 7.86. The number of aryl methyl sites for hydroxylation is 1. The lowest BCUT2D eigenvalue weighted by molar-refractivity contribution is 0.477. The predicted molar refractivity (Wildman–Crippen MR) is 92.9 cm³/mol. The van der Waals surface area contributed by atoms with Crippen molar-refractivity contribution in [3.05, 3.63) is 10.6 Å². The van der Waals surface area contributed by atoms with Crippen molar-refractivity contribution in [2.24, 2.45) is 0 Å². The zero-order chi connectivity index (χ0) is 15.3. The van der Waals surface area contributed by atoms with E-state index < -0.39 is 0 Å². The Hall–Kier alpha value is -0.480. The Morgan fingerprint density at radius 2 is 1.62 bits per heavy atom. The first-order valence-corrected chi connectivity index (χ1v) is 9.65. The smallest absolute Gasteiger partial charge is 0.0800 e. The van der Waals surface area contributed by atoms with Gasteiger partial charge in [0.2, 0.25) is 0 Å². The molecule has 0 aromatic carbocycles. The minimum absolute atomic E-state index is 0.463. The summed E-state index contributed by atoms with van der Waals surface area (Å²) in [6.07, 6.45) is 13.3. The van der Waals surface area contributed by atoms with Gasteiger partial charge in [-0.05, 0) is 30.9 Å². The molecule has 1 unspecified atom stereocenters. The second-order valence-corrected chi connectivity index (χ2v) is 6.60. The summed E-state index contributed by atoms with van der Waals surface area (Å²) in [4.78, 5) is 1.36. The van der Waals surface area contributed by atoms with Gasteiger partial charge in [0.15, 0.2) is 0 Å². The lowest BCUT2D eigenvalue weighted by Gasteiger charge is -2.16. The SMILES string of the molecule is CCCCCCCCCCC(NCC)c1snnc1CC. The molecule has 0 amide bonds. The maximum atomic E-state index is 4.25. The molecule has 0 fully saturated rings. The van der Waals surface area contributed by atoms with Crippen LogP contribution in [0.3, 0.4) is 0 Å². The van der Waals surface area contributed by atoms with Gasteiger partial charge in [0.05, 0.1) is 10.6 Å². The summed E-state index contributed by atoms with van der Waals surface area (Å²) in [7, 11) is 0. The van der Waals surface area contributed by atoms with Crippen LogP contribution in [-0.2, 0) is 6.42 Å². The number of unbranched alkanes of at least 4 members (excludes halogenated alkanes) is 7. The molecule has 0 aliphatic rings. The average Bonchev–Trinajstić information content (AvgIpc) is 2.97. The highest BCUT2D eigenvalue weighted by atomic mass is 32.1. The van der Waals surface area contributed by atoms with E-state index in [-0.39, 0.29) is 0 Å². The van der Waals surface area contributed by atoms with Gasteiger partial charge in [-0.15, -0.1) is 5.10 Å². The lowest BCUT2D eigenvalue weighted by atomic mass is 10.0. The molecule has 1 aromatic heterocycles. The van der Waals surface area contributed by atoms with E-state index in [1.807, 2.05) is 0 Å². The summed E-state index contributed by atoms with van der Waals surface area (Å²) < 4.78 is 4.13. The van der Waals surface area contributed by atoms with Gasteiger partial charge < -0.3 is 5.32 Å². The van der Waals surface area contributed by atoms with Crippen LogP contribution in [-0.4, -0.2) is 16.1 Å². The zero-order valence-corrected chi connectivity index (χ0v) is 15.0. The van der Waals surface area contributed by atoms with Crippen molar-refractivity contribution in [2.75, 3.05) is 6.54 Å². The summed E-state index contributed by atoms with van der Waals surface area (Å²) >= 11 is 1.58. The van der Waals surface area contributed by atoms with Crippen molar-refractivity contribution >= 4 is 11.5 Å². The molecular weight excluding hydrogens is 278 g/mol. The number of hydrogen-bond acceptors (Lipinski definition) is 4. The van der Waals surface area contributed by atoms with E-state index in [1.165, 1.54) is 68.4 Å². The maximum Gasteiger partial charge on any atom is 0.0800 e. The number of hydrogen-bond donors (Lipinski definition) is 1. The molecule has 0 saturated carbocycles. The molecule has 1 aromatic rings. The maximum absolute atomic E-state index is 4.25. The molecule has 4 heteroatoms. The Balaban J connectivity index is 2.23. The van der Waals surface area contributed by atoms with E-state index in [4.69, 9.17) is 0 Å². The van der Waals surface area contributed by atoms with Crippen LogP contribution >= 0.6 is 11.5 Å². The molecule has 0 saturated heterocycles. The molecule has 3 nitrogen and oxygen atoms in total. The van der Waals surface area contributed by atoms with E-state index >= 15 is 0 Å². The monoisotopic (exact) mass is 311 g/mol. The first-order valence-electron chi connectivity index (χ1n) is 8.87. The molecule has 0 aliphatic heterocycles.